The zero-order valence-corrected chi connectivity index (χ0v) is 11.7. The molecule has 18 heavy (non-hydrogen) atoms. The van der Waals surface area contributed by atoms with Gasteiger partial charge in [0.25, 0.3) is 0 Å². The predicted molar refractivity (Wildman–Crippen MR) is 75.3 cm³/mol. The topological polar surface area (TPSA) is 45.4 Å². The smallest absolute Gasteiger partial charge is 0.127 e. The lowest BCUT2D eigenvalue weighted by Gasteiger charge is -2.42. The van der Waals surface area contributed by atoms with Crippen molar-refractivity contribution in [3.05, 3.63) is 23.9 Å². The number of rotatable bonds is 2. The highest BCUT2D eigenvalue weighted by Crippen LogP contribution is 2.18. The average Bonchev–Trinajstić information content (AvgIpc) is 2.32. The highest BCUT2D eigenvalue weighted by atomic mass is 15.3. The summed E-state index contributed by atoms with van der Waals surface area (Å²) in [7, 11) is 0. The van der Waals surface area contributed by atoms with E-state index in [1.54, 1.807) is 6.20 Å². The summed E-state index contributed by atoms with van der Waals surface area (Å²) in [6.45, 7) is 12.2. The molecule has 4 heteroatoms. The quantitative estimate of drug-likeness (QED) is 0.863. The molecule has 2 rings (SSSR count). The molecule has 1 aliphatic rings. The molecule has 0 aliphatic carbocycles. The first kappa shape index (κ1) is 13.3. The summed E-state index contributed by atoms with van der Waals surface area (Å²) in [5.41, 5.74) is 7.30. The van der Waals surface area contributed by atoms with Crippen LogP contribution in [0, 0.1) is 0 Å². The van der Waals surface area contributed by atoms with E-state index < -0.39 is 0 Å². The maximum absolute atomic E-state index is 5.89. The molecule has 1 saturated heterocycles. The van der Waals surface area contributed by atoms with Gasteiger partial charge in [0.2, 0.25) is 0 Å². The van der Waals surface area contributed by atoms with Gasteiger partial charge in [-0.25, -0.2) is 4.98 Å². The first-order valence-electron chi connectivity index (χ1n) is 6.63. The number of hydrogen-bond donors (Lipinski definition) is 1. The predicted octanol–water partition coefficient (Wildman–Crippen LogP) is 1.58. The zero-order valence-electron chi connectivity index (χ0n) is 11.7. The number of nitrogens with two attached hydrogens (primary N) is 1. The Balaban J connectivity index is 1.90. The van der Waals surface area contributed by atoms with Crippen LogP contribution in [0.4, 0.5) is 5.82 Å². The van der Waals surface area contributed by atoms with E-state index in [-0.39, 0.29) is 5.54 Å². The van der Waals surface area contributed by atoms with Crippen molar-refractivity contribution in [1.82, 2.24) is 14.8 Å². The normalized spacial score (nSPS) is 19.1. The van der Waals surface area contributed by atoms with Crippen LogP contribution in [-0.4, -0.2) is 46.5 Å². The summed E-state index contributed by atoms with van der Waals surface area (Å²) in [5.74, 6) is 0.663. The standard InChI is InChI=1S/C14H24N4/c1-14(2,3)18-9-7-17(8-10-18)11-12-5-4-6-16-13(12)15/h4-6H,7-11H2,1-3H3,(H2,15,16). The lowest BCUT2D eigenvalue weighted by Crippen LogP contribution is -2.53. The highest BCUT2D eigenvalue weighted by molar-refractivity contribution is 5.38. The lowest BCUT2D eigenvalue weighted by atomic mass is 10.0. The van der Waals surface area contributed by atoms with E-state index in [9.17, 15) is 0 Å². The SMILES string of the molecule is CC(C)(C)N1CCN(Cc2cccnc2N)CC1. The van der Waals surface area contributed by atoms with Crippen LogP contribution in [0.25, 0.3) is 0 Å². The van der Waals surface area contributed by atoms with Crippen molar-refractivity contribution >= 4 is 5.82 Å². The minimum atomic E-state index is 0.277. The molecule has 0 radical (unpaired) electrons. The van der Waals surface area contributed by atoms with Crippen LogP contribution in [0.2, 0.25) is 0 Å². The molecule has 0 bridgehead atoms. The Kier molecular flexibility index (Phi) is 3.88. The summed E-state index contributed by atoms with van der Waals surface area (Å²) >= 11 is 0. The Hall–Kier alpha value is -1.13. The van der Waals surface area contributed by atoms with Crippen LogP contribution in [0.15, 0.2) is 18.3 Å². The van der Waals surface area contributed by atoms with E-state index in [4.69, 9.17) is 5.73 Å². The van der Waals surface area contributed by atoms with E-state index >= 15 is 0 Å². The summed E-state index contributed by atoms with van der Waals surface area (Å²) in [5, 5.41) is 0. The molecule has 4 nitrogen and oxygen atoms in total. The van der Waals surface area contributed by atoms with Crippen LogP contribution < -0.4 is 5.73 Å². The van der Waals surface area contributed by atoms with Gasteiger partial charge in [-0.2, -0.15) is 0 Å². The van der Waals surface area contributed by atoms with Gasteiger partial charge in [-0.05, 0) is 26.8 Å². The van der Waals surface area contributed by atoms with E-state index in [1.807, 2.05) is 6.07 Å². The third kappa shape index (κ3) is 3.21. The molecular weight excluding hydrogens is 224 g/mol. The first-order chi connectivity index (χ1) is 8.47. The molecule has 1 fully saturated rings. The van der Waals surface area contributed by atoms with Gasteiger partial charge in [-0.15, -0.1) is 0 Å². The van der Waals surface area contributed by atoms with Gasteiger partial charge in [0, 0.05) is 50.0 Å². The molecule has 0 atom stereocenters. The van der Waals surface area contributed by atoms with Gasteiger partial charge in [0.1, 0.15) is 5.82 Å². The lowest BCUT2D eigenvalue weighted by molar-refractivity contribution is 0.0591. The van der Waals surface area contributed by atoms with Gasteiger partial charge >= 0.3 is 0 Å². The minimum absolute atomic E-state index is 0.277. The zero-order chi connectivity index (χ0) is 13.2. The van der Waals surface area contributed by atoms with Crippen molar-refractivity contribution in [2.24, 2.45) is 0 Å². The Morgan fingerprint density at radius 3 is 2.44 bits per heavy atom. The second-order valence-corrected chi connectivity index (χ2v) is 5.98. The Morgan fingerprint density at radius 1 is 1.22 bits per heavy atom. The molecule has 1 aliphatic heterocycles. The molecule has 0 spiro atoms. The third-order valence-corrected chi connectivity index (χ3v) is 3.64. The maximum Gasteiger partial charge on any atom is 0.127 e. The molecule has 0 saturated carbocycles. The molecule has 100 valence electrons. The molecule has 0 unspecified atom stereocenters. The molecule has 1 aromatic heterocycles. The fourth-order valence-corrected chi connectivity index (χ4v) is 2.40. The summed E-state index contributed by atoms with van der Waals surface area (Å²) in [6.07, 6.45) is 1.75. The van der Waals surface area contributed by atoms with Gasteiger partial charge in [0.05, 0.1) is 0 Å². The van der Waals surface area contributed by atoms with Crippen LogP contribution in [-0.2, 0) is 6.54 Å². The molecule has 0 aromatic carbocycles. The number of nitrogen functional groups attached to an aromatic ring is 1. The Labute approximate surface area is 110 Å². The first-order valence-corrected chi connectivity index (χ1v) is 6.63. The fraction of sp³-hybridized carbons (Fsp3) is 0.643. The van der Waals surface area contributed by atoms with Crippen molar-refractivity contribution in [1.29, 1.82) is 0 Å². The van der Waals surface area contributed by atoms with Crippen LogP contribution >= 0.6 is 0 Å². The maximum atomic E-state index is 5.89. The van der Waals surface area contributed by atoms with E-state index in [1.165, 1.54) is 0 Å². The van der Waals surface area contributed by atoms with Gasteiger partial charge in [-0.1, -0.05) is 6.07 Å². The monoisotopic (exact) mass is 248 g/mol. The van der Waals surface area contributed by atoms with Crippen molar-refractivity contribution in [3.63, 3.8) is 0 Å². The molecule has 2 heterocycles. The number of aromatic nitrogens is 1. The van der Waals surface area contributed by atoms with Crippen LogP contribution in [0.1, 0.15) is 26.3 Å². The Bertz CT molecular complexity index is 389. The molecule has 2 N–H and O–H groups in total. The Morgan fingerprint density at radius 2 is 1.89 bits per heavy atom. The van der Waals surface area contributed by atoms with Gasteiger partial charge in [0.15, 0.2) is 0 Å². The number of pyridine rings is 1. The number of piperazine rings is 1. The van der Waals surface area contributed by atoms with E-state index in [0.717, 1.165) is 38.3 Å². The van der Waals surface area contributed by atoms with Gasteiger partial charge in [-0.3, -0.25) is 9.80 Å². The van der Waals surface area contributed by atoms with Crippen LogP contribution in [0.3, 0.4) is 0 Å². The fourth-order valence-electron chi connectivity index (χ4n) is 2.40. The highest BCUT2D eigenvalue weighted by Gasteiger charge is 2.25. The van der Waals surface area contributed by atoms with Crippen LogP contribution in [0.5, 0.6) is 0 Å². The number of nitrogens with zero attached hydrogens (tertiary/aromatic N) is 3. The van der Waals surface area contributed by atoms with Crippen molar-refractivity contribution in [2.45, 2.75) is 32.9 Å². The third-order valence-electron chi connectivity index (χ3n) is 3.64. The molecule has 1 aromatic rings. The minimum Gasteiger partial charge on any atom is -0.383 e. The number of anilines is 1. The molecular formula is C14H24N4. The largest absolute Gasteiger partial charge is 0.383 e. The van der Waals surface area contributed by atoms with Crippen molar-refractivity contribution in [3.8, 4) is 0 Å². The average molecular weight is 248 g/mol. The van der Waals surface area contributed by atoms with Crippen molar-refractivity contribution < 1.29 is 0 Å². The molecule has 0 amide bonds. The van der Waals surface area contributed by atoms with Gasteiger partial charge < -0.3 is 5.73 Å². The second kappa shape index (κ2) is 5.24. The second-order valence-electron chi connectivity index (χ2n) is 5.98. The summed E-state index contributed by atoms with van der Waals surface area (Å²) < 4.78 is 0. The number of hydrogen-bond acceptors (Lipinski definition) is 4. The van der Waals surface area contributed by atoms with E-state index in [0.29, 0.717) is 5.82 Å². The van der Waals surface area contributed by atoms with E-state index in [2.05, 4.69) is 41.6 Å². The van der Waals surface area contributed by atoms with Crippen molar-refractivity contribution in [2.75, 3.05) is 31.9 Å². The summed E-state index contributed by atoms with van der Waals surface area (Å²) in [4.78, 5) is 9.13. The summed E-state index contributed by atoms with van der Waals surface area (Å²) in [6, 6.07) is 4.02.